The summed E-state index contributed by atoms with van der Waals surface area (Å²) in [5.74, 6) is -1.03. The summed E-state index contributed by atoms with van der Waals surface area (Å²) in [6.45, 7) is 1.82. The lowest BCUT2D eigenvalue weighted by molar-refractivity contribution is 0.0515. The first-order valence-corrected chi connectivity index (χ1v) is 7.05. The first-order chi connectivity index (χ1) is 10.0. The molecule has 0 radical (unpaired) electrons. The number of anilines is 1. The molecule has 9 heteroatoms. The molecule has 1 heterocycles. The zero-order valence-electron chi connectivity index (χ0n) is 11.0. The number of esters is 1. The molecule has 2 aromatic rings. The van der Waals surface area contributed by atoms with E-state index >= 15 is 0 Å². The molecule has 8 nitrogen and oxygen atoms in total. The summed E-state index contributed by atoms with van der Waals surface area (Å²) in [5.41, 5.74) is 0.693. The number of carbonyl (C=O) groups excluding carboxylic acids is 1. The van der Waals surface area contributed by atoms with Crippen molar-refractivity contribution in [3.63, 3.8) is 0 Å². The zero-order chi connectivity index (χ0) is 15.4. The van der Waals surface area contributed by atoms with E-state index in [0.717, 1.165) is 0 Å². The van der Waals surface area contributed by atoms with Crippen LogP contribution >= 0.6 is 0 Å². The maximum absolute atomic E-state index is 11.6. The fourth-order valence-corrected chi connectivity index (χ4v) is 1.98. The summed E-state index contributed by atoms with van der Waals surface area (Å²) in [6, 6.07) is 6.42. The van der Waals surface area contributed by atoms with Crippen molar-refractivity contribution in [2.45, 2.75) is 6.92 Å². The van der Waals surface area contributed by atoms with Crippen molar-refractivity contribution in [3.05, 3.63) is 36.2 Å². The van der Waals surface area contributed by atoms with Crippen LogP contribution in [0.3, 0.4) is 0 Å². The minimum absolute atomic E-state index is 0.173. The second-order valence-corrected chi connectivity index (χ2v) is 4.63. The maximum Gasteiger partial charge on any atom is 0.362 e. The molecular weight excluding hydrogens is 298 g/mol. The van der Waals surface area contributed by atoms with Gasteiger partial charge >= 0.3 is 5.97 Å². The Morgan fingerprint density at radius 1 is 1.52 bits per heavy atom. The highest BCUT2D eigenvalue weighted by molar-refractivity contribution is 7.80. The van der Waals surface area contributed by atoms with Gasteiger partial charge in [-0.15, -0.1) is 0 Å². The molecule has 0 aliphatic heterocycles. The molecule has 1 unspecified atom stereocenters. The molecule has 0 aliphatic rings. The van der Waals surface area contributed by atoms with Gasteiger partial charge in [0.25, 0.3) is 11.3 Å². The van der Waals surface area contributed by atoms with Gasteiger partial charge in [0.1, 0.15) is 0 Å². The third-order valence-corrected chi connectivity index (χ3v) is 2.89. The van der Waals surface area contributed by atoms with E-state index in [1.807, 2.05) is 0 Å². The smallest absolute Gasteiger partial charge is 0.362 e. The van der Waals surface area contributed by atoms with Crippen LogP contribution in [0.2, 0.25) is 0 Å². The molecule has 0 amide bonds. The lowest BCUT2D eigenvalue weighted by Crippen LogP contribution is -2.07. The van der Waals surface area contributed by atoms with E-state index < -0.39 is 17.2 Å². The van der Waals surface area contributed by atoms with Crippen LogP contribution in [0.4, 0.5) is 5.69 Å². The highest BCUT2D eigenvalue weighted by Gasteiger charge is 2.18. The van der Waals surface area contributed by atoms with Crippen LogP contribution in [0, 0.1) is 0 Å². The number of nitrogens with zero attached hydrogens (tertiary/aromatic N) is 2. The van der Waals surface area contributed by atoms with Gasteiger partial charge in [0.2, 0.25) is 5.69 Å². The minimum Gasteiger partial charge on any atom is -0.504 e. The summed E-state index contributed by atoms with van der Waals surface area (Å²) >= 11 is -2.19. The summed E-state index contributed by atoms with van der Waals surface area (Å²) < 4.78 is 27.9. The van der Waals surface area contributed by atoms with E-state index in [-0.39, 0.29) is 18.1 Å². The van der Waals surface area contributed by atoms with E-state index in [0.29, 0.717) is 11.4 Å². The highest BCUT2D eigenvalue weighted by Crippen LogP contribution is 2.21. The van der Waals surface area contributed by atoms with Gasteiger partial charge in [0.05, 0.1) is 24.2 Å². The molecule has 21 heavy (non-hydrogen) atoms. The first-order valence-electron chi connectivity index (χ1n) is 5.95. The number of hydrogen-bond donors (Lipinski definition) is 3. The Kier molecular flexibility index (Phi) is 4.55. The molecule has 3 N–H and O–H groups in total. The standard InChI is InChI=1S/C12H13N3O5S/c1-2-20-12(17)11-10(16)7-15(13-11)9-5-3-4-8(6-9)14-21(18)19/h3-7,14,16H,2H2,1H3,(H,18,19). The Morgan fingerprint density at radius 3 is 2.95 bits per heavy atom. The average molecular weight is 311 g/mol. The third kappa shape index (κ3) is 3.58. The van der Waals surface area contributed by atoms with Crippen molar-refractivity contribution in [2.75, 3.05) is 11.3 Å². The number of ether oxygens (including phenoxy) is 1. The number of hydrogen-bond acceptors (Lipinski definition) is 5. The number of aromatic hydroxyl groups is 1. The normalized spacial score (nSPS) is 11.9. The van der Waals surface area contributed by atoms with E-state index in [4.69, 9.17) is 9.29 Å². The first kappa shape index (κ1) is 15.0. The lowest BCUT2D eigenvalue weighted by Gasteiger charge is -2.05. The van der Waals surface area contributed by atoms with Gasteiger partial charge < -0.3 is 9.84 Å². The van der Waals surface area contributed by atoms with Gasteiger partial charge in [-0.25, -0.2) is 13.7 Å². The second-order valence-electron chi connectivity index (χ2n) is 3.93. The summed E-state index contributed by atoms with van der Waals surface area (Å²) in [4.78, 5) is 11.6. The Labute approximate surface area is 122 Å². The third-order valence-electron chi connectivity index (χ3n) is 2.48. The number of carbonyl (C=O) groups is 1. The second kappa shape index (κ2) is 6.37. The van der Waals surface area contributed by atoms with Gasteiger partial charge in [-0.3, -0.25) is 9.27 Å². The molecular formula is C12H13N3O5S. The molecule has 0 saturated carbocycles. The molecule has 1 aromatic heterocycles. The van der Waals surface area contributed by atoms with E-state index in [1.165, 1.54) is 16.9 Å². The van der Waals surface area contributed by atoms with Crippen LogP contribution in [0.1, 0.15) is 17.4 Å². The summed E-state index contributed by atoms with van der Waals surface area (Å²) in [6.07, 6.45) is 1.25. The molecule has 1 atom stereocenters. The van der Waals surface area contributed by atoms with Crippen molar-refractivity contribution >= 4 is 22.9 Å². The summed E-state index contributed by atoms with van der Waals surface area (Å²) in [7, 11) is 0. The minimum atomic E-state index is -2.19. The molecule has 1 aromatic carbocycles. The number of benzene rings is 1. The van der Waals surface area contributed by atoms with Crippen molar-refractivity contribution in [1.29, 1.82) is 0 Å². The SMILES string of the molecule is CCOC(=O)c1nn(-c2cccc(NS(=O)O)c2)cc1O. The fraction of sp³-hybridized carbons (Fsp3) is 0.167. The van der Waals surface area contributed by atoms with Crippen molar-refractivity contribution in [1.82, 2.24) is 9.78 Å². The molecule has 0 spiro atoms. The summed E-state index contributed by atoms with van der Waals surface area (Å²) in [5, 5.41) is 13.7. The molecule has 0 fully saturated rings. The molecule has 0 saturated heterocycles. The highest BCUT2D eigenvalue weighted by atomic mass is 32.2. The van der Waals surface area contributed by atoms with E-state index in [1.54, 1.807) is 25.1 Å². The van der Waals surface area contributed by atoms with Crippen LogP contribution in [0.5, 0.6) is 5.75 Å². The number of nitrogens with one attached hydrogen (secondary N) is 1. The molecule has 0 bridgehead atoms. The zero-order valence-corrected chi connectivity index (χ0v) is 11.8. The topological polar surface area (TPSA) is 114 Å². The molecule has 112 valence electrons. The van der Waals surface area contributed by atoms with Gasteiger partial charge in [-0.05, 0) is 25.1 Å². The number of aromatic nitrogens is 2. The Morgan fingerprint density at radius 2 is 2.29 bits per heavy atom. The average Bonchev–Trinajstić information content (AvgIpc) is 2.81. The van der Waals surface area contributed by atoms with Crippen LogP contribution in [0.15, 0.2) is 30.5 Å². The van der Waals surface area contributed by atoms with Gasteiger partial charge in [0, 0.05) is 0 Å². The quantitative estimate of drug-likeness (QED) is 0.566. The van der Waals surface area contributed by atoms with Gasteiger partial charge in [-0.1, -0.05) is 6.07 Å². The van der Waals surface area contributed by atoms with Crippen LogP contribution in [0.25, 0.3) is 5.69 Å². The lowest BCUT2D eigenvalue weighted by atomic mass is 10.3. The largest absolute Gasteiger partial charge is 0.504 e. The monoisotopic (exact) mass is 311 g/mol. The Balaban J connectivity index is 2.32. The van der Waals surface area contributed by atoms with E-state index in [2.05, 4.69) is 9.82 Å². The van der Waals surface area contributed by atoms with Gasteiger partial charge in [-0.2, -0.15) is 5.10 Å². The van der Waals surface area contributed by atoms with Crippen LogP contribution < -0.4 is 4.72 Å². The predicted molar refractivity (Wildman–Crippen MR) is 75.6 cm³/mol. The van der Waals surface area contributed by atoms with Crippen molar-refractivity contribution < 1.29 is 23.4 Å². The fourth-order valence-electron chi connectivity index (χ4n) is 1.65. The van der Waals surface area contributed by atoms with Crippen molar-refractivity contribution in [2.24, 2.45) is 0 Å². The molecule has 2 rings (SSSR count). The van der Waals surface area contributed by atoms with Crippen LogP contribution in [-0.4, -0.2) is 36.2 Å². The van der Waals surface area contributed by atoms with E-state index in [9.17, 15) is 14.1 Å². The Bertz CT molecular complexity index is 685. The van der Waals surface area contributed by atoms with Crippen LogP contribution in [-0.2, 0) is 16.0 Å². The van der Waals surface area contributed by atoms with Gasteiger partial charge in [0.15, 0.2) is 5.75 Å². The number of rotatable bonds is 5. The Hall–Kier alpha value is -2.39. The maximum atomic E-state index is 11.6. The predicted octanol–water partition coefficient (Wildman–Crippen LogP) is 1.30. The van der Waals surface area contributed by atoms with Crippen molar-refractivity contribution in [3.8, 4) is 11.4 Å². The molecule has 0 aliphatic carbocycles.